The Morgan fingerprint density at radius 1 is 1.09 bits per heavy atom. The fourth-order valence-electron chi connectivity index (χ4n) is 5.39. The summed E-state index contributed by atoms with van der Waals surface area (Å²) in [4.78, 5) is 43.5. The van der Waals surface area contributed by atoms with Gasteiger partial charge in [0, 0.05) is 19.6 Å². The number of likely N-dealkylation sites (N-methyl/N-ethyl adjacent to an activating group) is 1. The number of hydrogen-bond acceptors (Lipinski definition) is 4. The molecule has 2 heterocycles. The molecule has 1 aliphatic carbocycles. The largest absolute Gasteiger partial charge is 0.334 e. The zero-order chi connectivity index (χ0) is 22.7. The maximum absolute atomic E-state index is 13.5. The van der Waals surface area contributed by atoms with Crippen molar-refractivity contribution in [2.45, 2.75) is 76.7 Å². The Labute approximate surface area is 190 Å². The van der Waals surface area contributed by atoms with Crippen LogP contribution >= 0.6 is 0 Å². The van der Waals surface area contributed by atoms with Gasteiger partial charge in [0.2, 0.25) is 11.8 Å². The van der Waals surface area contributed by atoms with Crippen molar-refractivity contribution in [3.8, 4) is 0 Å². The van der Waals surface area contributed by atoms with Gasteiger partial charge in [-0.1, -0.05) is 62.9 Å². The maximum atomic E-state index is 13.5. The lowest BCUT2D eigenvalue weighted by Crippen LogP contribution is -2.76. The summed E-state index contributed by atoms with van der Waals surface area (Å²) in [5.41, 5.74) is 1.01. The van der Waals surface area contributed by atoms with Gasteiger partial charge >= 0.3 is 6.03 Å². The van der Waals surface area contributed by atoms with Gasteiger partial charge in [-0.15, -0.1) is 0 Å². The summed E-state index contributed by atoms with van der Waals surface area (Å²) < 4.78 is 0. The average Bonchev–Trinajstić information content (AvgIpc) is 2.80. The second-order valence-electron chi connectivity index (χ2n) is 9.17. The van der Waals surface area contributed by atoms with Crippen molar-refractivity contribution >= 4 is 17.8 Å². The number of benzene rings is 1. The number of nitrogens with one attached hydrogen (secondary N) is 1. The van der Waals surface area contributed by atoms with Crippen LogP contribution in [0.25, 0.3) is 0 Å². The molecule has 0 radical (unpaired) electrons. The Balaban J connectivity index is 1.58. The highest BCUT2D eigenvalue weighted by Crippen LogP contribution is 2.32. The van der Waals surface area contributed by atoms with Gasteiger partial charge in [0.05, 0.1) is 13.1 Å². The molecule has 1 aromatic carbocycles. The molecule has 0 spiro atoms. The second-order valence-corrected chi connectivity index (χ2v) is 9.17. The number of fused-ring (bicyclic) bond motifs is 1. The maximum Gasteiger partial charge on any atom is 0.334 e. The highest BCUT2D eigenvalue weighted by Gasteiger charge is 2.51. The number of carbonyl (C=O) groups is 3. The number of hydrazine groups is 1. The number of hydrogen-bond donors (Lipinski definition) is 1. The minimum absolute atomic E-state index is 0.0533. The summed E-state index contributed by atoms with van der Waals surface area (Å²) in [5.74, 6) is -0.0303. The van der Waals surface area contributed by atoms with Gasteiger partial charge in [-0.3, -0.25) is 9.59 Å². The van der Waals surface area contributed by atoms with Crippen LogP contribution in [0.3, 0.4) is 0 Å². The minimum atomic E-state index is -0.494. The lowest BCUT2D eigenvalue weighted by molar-refractivity contribution is -0.190. The molecule has 4 amide bonds. The quantitative estimate of drug-likeness (QED) is 0.762. The van der Waals surface area contributed by atoms with E-state index in [-0.39, 0.29) is 30.4 Å². The lowest BCUT2D eigenvalue weighted by Gasteiger charge is -2.55. The first kappa shape index (κ1) is 22.6. The predicted molar refractivity (Wildman–Crippen MR) is 121 cm³/mol. The molecule has 174 valence electrons. The Morgan fingerprint density at radius 2 is 1.81 bits per heavy atom. The fourth-order valence-corrected chi connectivity index (χ4v) is 5.39. The van der Waals surface area contributed by atoms with Crippen molar-refractivity contribution in [3.05, 3.63) is 35.9 Å². The van der Waals surface area contributed by atoms with E-state index in [4.69, 9.17) is 0 Å². The van der Waals surface area contributed by atoms with Gasteiger partial charge < -0.3 is 15.1 Å². The first-order valence-corrected chi connectivity index (χ1v) is 11.9. The topological polar surface area (TPSA) is 76.2 Å². The van der Waals surface area contributed by atoms with Crippen molar-refractivity contribution in [2.75, 3.05) is 20.1 Å². The second kappa shape index (κ2) is 9.90. The third-order valence-electron chi connectivity index (χ3n) is 6.96. The van der Waals surface area contributed by atoms with Gasteiger partial charge in [-0.05, 0) is 24.8 Å². The van der Waals surface area contributed by atoms with Crippen molar-refractivity contribution < 1.29 is 14.4 Å². The number of carbonyl (C=O) groups excluding carboxylic acids is 3. The third kappa shape index (κ3) is 4.46. The highest BCUT2D eigenvalue weighted by molar-refractivity contribution is 5.91. The molecule has 4 rings (SSSR count). The van der Waals surface area contributed by atoms with Gasteiger partial charge in [-0.2, -0.15) is 0 Å². The van der Waals surface area contributed by atoms with Gasteiger partial charge in [0.1, 0.15) is 12.2 Å². The van der Waals surface area contributed by atoms with Crippen LogP contribution in [0.4, 0.5) is 4.79 Å². The molecule has 8 heteroatoms. The monoisotopic (exact) mass is 441 g/mol. The summed E-state index contributed by atoms with van der Waals surface area (Å²) in [5, 5.41) is 6.35. The average molecular weight is 442 g/mol. The number of rotatable bonds is 5. The SMILES string of the molecule is CCC[C@H]1C(=O)N(C2CCCCC2)CC2N1C(=O)CN(C)N2C(=O)NCc1ccccc1. The molecule has 1 aromatic rings. The van der Waals surface area contributed by atoms with Crippen molar-refractivity contribution in [2.24, 2.45) is 0 Å². The van der Waals surface area contributed by atoms with E-state index in [9.17, 15) is 14.4 Å². The Morgan fingerprint density at radius 3 is 2.50 bits per heavy atom. The molecule has 0 aromatic heterocycles. The molecule has 8 nitrogen and oxygen atoms in total. The molecule has 2 atom stereocenters. The molecular weight excluding hydrogens is 406 g/mol. The summed E-state index contributed by atoms with van der Waals surface area (Å²) in [7, 11) is 1.77. The Kier molecular flexibility index (Phi) is 6.98. The Hall–Kier alpha value is -2.61. The van der Waals surface area contributed by atoms with E-state index < -0.39 is 12.2 Å². The minimum Gasteiger partial charge on any atom is -0.334 e. The summed E-state index contributed by atoms with van der Waals surface area (Å²) in [6, 6.07) is 9.24. The van der Waals surface area contributed by atoms with Crippen LogP contribution in [-0.2, 0) is 16.1 Å². The van der Waals surface area contributed by atoms with Crippen LogP contribution in [0.15, 0.2) is 30.3 Å². The first-order valence-electron chi connectivity index (χ1n) is 11.9. The van der Waals surface area contributed by atoms with Crippen LogP contribution in [0, 0.1) is 0 Å². The van der Waals surface area contributed by atoms with Crippen molar-refractivity contribution in [1.82, 2.24) is 25.1 Å². The van der Waals surface area contributed by atoms with Crippen LogP contribution in [-0.4, -0.2) is 76.0 Å². The van der Waals surface area contributed by atoms with E-state index in [2.05, 4.69) is 5.32 Å². The van der Waals surface area contributed by atoms with E-state index in [0.717, 1.165) is 37.7 Å². The first-order chi connectivity index (χ1) is 15.5. The number of nitrogens with zero attached hydrogens (tertiary/aromatic N) is 4. The standard InChI is InChI=1S/C24H35N5O3/c1-3-10-20-23(31)27(19-13-8-5-9-14-19)16-21-28(20)22(30)17-26(2)29(21)24(32)25-15-18-11-6-4-7-12-18/h4,6-7,11-12,19-21H,3,5,8-10,13-17H2,1-2H3,(H,25,32)/t20-,21?/m0/s1. The summed E-state index contributed by atoms with van der Waals surface area (Å²) in [6.07, 6.45) is 6.41. The van der Waals surface area contributed by atoms with Crippen LogP contribution in [0.2, 0.25) is 0 Å². The smallest absolute Gasteiger partial charge is 0.334 e. The van der Waals surface area contributed by atoms with Crippen LogP contribution in [0.5, 0.6) is 0 Å². The van der Waals surface area contributed by atoms with E-state index in [1.807, 2.05) is 42.2 Å². The van der Waals surface area contributed by atoms with E-state index in [1.165, 1.54) is 6.42 Å². The van der Waals surface area contributed by atoms with E-state index >= 15 is 0 Å². The van der Waals surface area contributed by atoms with Gasteiger partial charge in [-0.25, -0.2) is 14.8 Å². The van der Waals surface area contributed by atoms with Crippen molar-refractivity contribution in [1.29, 1.82) is 0 Å². The molecule has 1 saturated carbocycles. The summed E-state index contributed by atoms with van der Waals surface area (Å²) in [6.45, 7) is 2.91. The molecular formula is C24H35N5O3. The predicted octanol–water partition coefficient (Wildman–Crippen LogP) is 2.56. The van der Waals surface area contributed by atoms with E-state index in [1.54, 1.807) is 22.0 Å². The number of piperazine rings is 1. The van der Waals surface area contributed by atoms with Crippen LogP contribution in [0.1, 0.15) is 57.4 Å². The lowest BCUT2D eigenvalue weighted by atomic mass is 9.91. The fraction of sp³-hybridized carbons (Fsp3) is 0.625. The van der Waals surface area contributed by atoms with Gasteiger partial charge in [0.25, 0.3) is 0 Å². The van der Waals surface area contributed by atoms with Gasteiger partial charge in [0.15, 0.2) is 0 Å². The molecule has 1 N–H and O–H groups in total. The molecule has 2 aliphatic heterocycles. The van der Waals surface area contributed by atoms with Crippen molar-refractivity contribution in [3.63, 3.8) is 0 Å². The zero-order valence-corrected chi connectivity index (χ0v) is 19.2. The molecule has 0 bridgehead atoms. The molecule has 2 saturated heterocycles. The summed E-state index contributed by atoms with van der Waals surface area (Å²) >= 11 is 0. The molecule has 3 aliphatic rings. The van der Waals surface area contributed by atoms with Crippen LogP contribution < -0.4 is 5.32 Å². The highest BCUT2D eigenvalue weighted by atomic mass is 16.2. The molecule has 1 unspecified atom stereocenters. The third-order valence-corrected chi connectivity index (χ3v) is 6.96. The number of urea groups is 1. The molecule has 32 heavy (non-hydrogen) atoms. The van der Waals surface area contributed by atoms with E-state index in [0.29, 0.717) is 19.5 Å². The normalized spacial score (nSPS) is 25.1. The zero-order valence-electron chi connectivity index (χ0n) is 19.2. The Bertz CT molecular complexity index is 826. The number of amides is 4. The molecule has 3 fully saturated rings.